The number of aromatic nitrogens is 7. The van der Waals surface area contributed by atoms with E-state index in [4.69, 9.17) is 21.3 Å². The van der Waals surface area contributed by atoms with E-state index in [9.17, 15) is 4.79 Å². The van der Waals surface area contributed by atoms with Crippen molar-refractivity contribution in [3.05, 3.63) is 59.4 Å². The quantitative estimate of drug-likeness (QED) is 0.296. The molecule has 0 radical (unpaired) electrons. The van der Waals surface area contributed by atoms with Crippen LogP contribution in [0.4, 0.5) is 5.82 Å². The first kappa shape index (κ1) is 26.9. The molecule has 6 rings (SSSR count). The lowest BCUT2D eigenvalue weighted by Crippen LogP contribution is -2.34. The van der Waals surface area contributed by atoms with Gasteiger partial charge in [0.25, 0.3) is 5.91 Å². The van der Waals surface area contributed by atoms with Gasteiger partial charge in [-0.3, -0.25) is 9.36 Å². The number of nitrogens with one attached hydrogen (secondary N) is 1. The summed E-state index contributed by atoms with van der Waals surface area (Å²) in [6.07, 6.45) is 7.82. The van der Waals surface area contributed by atoms with Gasteiger partial charge in [-0.05, 0) is 45.1 Å². The second-order valence-electron chi connectivity index (χ2n) is 10.3. The van der Waals surface area contributed by atoms with Gasteiger partial charge in [0.15, 0.2) is 17.3 Å². The Morgan fingerprint density at radius 3 is 2.78 bits per heavy atom. The number of ether oxygens (including phenoxy) is 1. The van der Waals surface area contributed by atoms with Gasteiger partial charge < -0.3 is 19.9 Å². The Balaban J connectivity index is 1.36. The Kier molecular flexibility index (Phi) is 7.18. The molecule has 5 aromatic rings. The van der Waals surface area contributed by atoms with Crippen molar-refractivity contribution in [1.29, 1.82) is 0 Å². The van der Waals surface area contributed by atoms with Crippen molar-refractivity contribution in [2.75, 3.05) is 39.6 Å². The molecule has 212 valence electrons. The average molecular weight is 575 g/mol. The van der Waals surface area contributed by atoms with Crippen LogP contribution in [0.3, 0.4) is 0 Å². The number of imidazole rings is 1. The minimum absolute atomic E-state index is 0.0912. The number of likely N-dealkylation sites (tertiary alicyclic amines) is 1. The third kappa shape index (κ3) is 4.93. The van der Waals surface area contributed by atoms with Crippen molar-refractivity contribution in [3.8, 4) is 11.6 Å². The number of rotatable bonds is 8. The molecule has 1 amide bonds. The van der Waals surface area contributed by atoms with E-state index in [1.165, 1.54) is 0 Å². The van der Waals surface area contributed by atoms with Gasteiger partial charge in [0.1, 0.15) is 17.8 Å². The molecule has 12 nitrogen and oxygen atoms in total. The van der Waals surface area contributed by atoms with Crippen molar-refractivity contribution in [2.45, 2.75) is 32.5 Å². The summed E-state index contributed by atoms with van der Waals surface area (Å²) < 4.78 is 8.84. The summed E-state index contributed by atoms with van der Waals surface area (Å²) in [5.41, 5.74) is 2.08. The number of amides is 1. The fraction of sp³-hybridized carbons (Fsp3) is 0.357. The smallest absolute Gasteiger partial charge is 0.274 e. The molecule has 0 aliphatic carbocycles. The van der Waals surface area contributed by atoms with Gasteiger partial charge in [0.05, 0.1) is 23.7 Å². The molecule has 1 atom stereocenters. The molecular weight excluding hydrogens is 544 g/mol. The number of anilines is 1. The lowest BCUT2D eigenvalue weighted by atomic mass is 10.1. The summed E-state index contributed by atoms with van der Waals surface area (Å²) >= 11 is 6.34. The predicted octanol–water partition coefficient (Wildman–Crippen LogP) is 3.63. The molecule has 1 aromatic carbocycles. The lowest BCUT2D eigenvalue weighted by molar-refractivity contribution is 0.0778. The number of benzene rings is 1. The first-order chi connectivity index (χ1) is 19.9. The Bertz CT molecular complexity index is 1750. The number of carbonyl (C=O) groups excluding carboxylic acids is 1. The summed E-state index contributed by atoms with van der Waals surface area (Å²) in [6, 6.07) is 5.98. The number of pyridine rings is 1. The second kappa shape index (κ2) is 10.9. The number of hydrogen-bond acceptors (Lipinski definition) is 9. The highest BCUT2D eigenvalue weighted by atomic mass is 35.5. The summed E-state index contributed by atoms with van der Waals surface area (Å²) in [5.74, 6) is 1.63. The first-order valence-corrected chi connectivity index (χ1v) is 13.8. The van der Waals surface area contributed by atoms with Crippen LogP contribution in [-0.4, -0.2) is 90.6 Å². The molecule has 5 heterocycles. The zero-order valence-electron chi connectivity index (χ0n) is 23.4. The number of likely N-dealkylation sites (N-methyl/N-ethyl adjacent to an activating group) is 1. The first-order valence-electron chi connectivity index (χ1n) is 13.4. The molecule has 0 bridgehead atoms. The average Bonchev–Trinajstić information content (AvgIpc) is 3.75. The molecule has 13 heteroatoms. The fourth-order valence-electron chi connectivity index (χ4n) is 5.26. The van der Waals surface area contributed by atoms with Gasteiger partial charge in [-0.2, -0.15) is 5.10 Å². The predicted molar refractivity (Wildman–Crippen MR) is 157 cm³/mol. The summed E-state index contributed by atoms with van der Waals surface area (Å²) in [4.78, 5) is 26.4. The highest BCUT2D eigenvalue weighted by molar-refractivity contribution is 6.32. The second-order valence-corrected chi connectivity index (χ2v) is 10.7. The van der Waals surface area contributed by atoms with Crippen LogP contribution in [-0.2, 0) is 13.1 Å². The normalized spacial score (nSPS) is 15.4. The van der Waals surface area contributed by atoms with Gasteiger partial charge in [0.2, 0.25) is 0 Å². The molecule has 1 N–H and O–H groups in total. The third-order valence-electron chi connectivity index (χ3n) is 7.59. The van der Waals surface area contributed by atoms with Crippen LogP contribution < -0.4 is 10.1 Å². The van der Waals surface area contributed by atoms with Crippen molar-refractivity contribution in [1.82, 2.24) is 44.3 Å². The van der Waals surface area contributed by atoms with Crippen LogP contribution in [0.5, 0.6) is 5.75 Å². The van der Waals surface area contributed by atoms with Crippen LogP contribution in [0.1, 0.15) is 29.4 Å². The van der Waals surface area contributed by atoms with Crippen molar-refractivity contribution in [3.63, 3.8) is 0 Å². The number of hydrogen-bond donors (Lipinski definition) is 1. The zero-order chi connectivity index (χ0) is 28.7. The zero-order valence-corrected chi connectivity index (χ0v) is 24.1. The lowest BCUT2D eigenvalue weighted by Gasteiger charge is -2.19. The van der Waals surface area contributed by atoms with Crippen LogP contribution in [0.2, 0.25) is 5.02 Å². The van der Waals surface area contributed by atoms with Crippen molar-refractivity contribution in [2.24, 2.45) is 0 Å². The monoisotopic (exact) mass is 574 g/mol. The Hall–Kier alpha value is -4.29. The summed E-state index contributed by atoms with van der Waals surface area (Å²) in [6.45, 7) is 4.56. The van der Waals surface area contributed by atoms with E-state index in [2.05, 4.69) is 30.5 Å². The summed E-state index contributed by atoms with van der Waals surface area (Å²) in [5, 5.41) is 20.0. The number of fused-ring (bicyclic) bond motifs is 3. The minimum atomic E-state index is -0.0912. The minimum Gasteiger partial charge on any atom is -0.495 e. The maximum atomic E-state index is 13.2. The van der Waals surface area contributed by atoms with Gasteiger partial charge in [-0.25, -0.2) is 14.6 Å². The number of nitrogens with zero attached hydrogens (tertiary/aromatic N) is 9. The topological polar surface area (TPSA) is 119 Å². The fourth-order valence-corrected chi connectivity index (χ4v) is 5.54. The maximum Gasteiger partial charge on any atom is 0.274 e. The molecule has 0 saturated carbocycles. The van der Waals surface area contributed by atoms with E-state index in [-0.39, 0.29) is 5.91 Å². The van der Waals surface area contributed by atoms with Gasteiger partial charge in [-0.1, -0.05) is 17.7 Å². The number of methoxy groups -OCH3 is 1. The molecule has 1 aliphatic rings. The van der Waals surface area contributed by atoms with Gasteiger partial charge in [-0.15, -0.1) is 10.2 Å². The molecule has 1 fully saturated rings. The highest BCUT2D eigenvalue weighted by Gasteiger charge is 2.29. The third-order valence-corrected chi connectivity index (χ3v) is 7.89. The molecule has 1 saturated heterocycles. The van der Waals surface area contributed by atoms with E-state index in [0.29, 0.717) is 60.3 Å². The standard InChI is InChI=1S/C28H31ClN10O2/c1-5-39-26-20(13-33-39)24-19(12-31-26)27(35-34-25(24)30-11-17-6-7-23(41-4)21(29)10-17)38-15-22(32-16-38)28(40)37-9-8-18(14-37)36(2)3/h6-7,10,12-13,15-16,18H,5,8-9,11,14H2,1-4H3,(H,30,34). The van der Waals surface area contributed by atoms with Crippen LogP contribution in [0.15, 0.2) is 43.1 Å². The van der Waals surface area contributed by atoms with E-state index < -0.39 is 0 Å². The Morgan fingerprint density at radius 1 is 1.20 bits per heavy atom. The molecule has 41 heavy (non-hydrogen) atoms. The molecule has 1 aliphatic heterocycles. The van der Waals surface area contributed by atoms with Crippen molar-refractivity contribution >= 4 is 45.1 Å². The van der Waals surface area contributed by atoms with E-state index in [1.54, 1.807) is 36.6 Å². The van der Waals surface area contributed by atoms with Crippen LogP contribution >= 0.6 is 11.6 Å². The van der Waals surface area contributed by atoms with Gasteiger partial charge in [0, 0.05) is 55.4 Å². The number of halogens is 1. The van der Waals surface area contributed by atoms with E-state index >= 15 is 0 Å². The molecular formula is C28H31ClN10O2. The van der Waals surface area contributed by atoms with E-state index in [0.717, 1.165) is 33.8 Å². The largest absolute Gasteiger partial charge is 0.495 e. The number of carbonyl (C=O) groups is 1. The summed E-state index contributed by atoms with van der Waals surface area (Å²) in [7, 11) is 5.66. The molecule has 1 unspecified atom stereocenters. The van der Waals surface area contributed by atoms with Crippen LogP contribution in [0.25, 0.3) is 27.6 Å². The number of aryl methyl sites for hydroxylation is 1. The van der Waals surface area contributed by atoms with Gasteiger partial charge >= 0.3 is 0 Å². The Morgan fingerprint density at radius 2 is 2.05 bits per heavy atom. The van der Waals surface area contributed by atoms with Crippen molar-refractivity contribution < 1.29 is 9.53 Å². The van der Waals surface area contributed by atoms with E-state index in [1.807, 2.05) is 48.8 Å². The molecule has 4 aromatic heterocycles. The molecule has 0 spiro atoms. The SMILES string of the molecule is CCn1ncc2c3c(NCc4ccc(OC)c(Cl)c4)nnc(-n4cnc(C(=O)N5CCC(N(C)C)C5)c4)c3cnc21. The highest BCUT2D eigenvalue weighted by Crippen LogP contribution is 2.32. The maximum absolute atomic E-state index is 13.2. The Labute approximate surface area is 241 Å². The van der Waals surface area contributed by atoms with Crippen LogP contribution in [0, 0.1) is 0 Å².